The third kappa shape index (κ3) is 6.86. The maximum atomic E-state index is 12.1. The van der Waals surface area contributed by atoms with Crippen LogP contribution in [-0.4, -0.2) is 58.2 Å². The van der Waals surface area contributed by atoms with Crippen LogP contribution in [-0.2, 0) is 19.2 Å². The van der Waals surface area contributed by atoms with Crippen LogP contribution in [0.4, 0.5) is 0 Å². The first-order valence-corrected chi connectivity index (χ1v) is 6.22. The molecule has 0 aromatic rings. The zero-order valence-electron chi connectivity index (χ0n) is 12.6. The van der Waals surface area contributed by atoms with Crippen LogP contribution in [0.1, 0.15) is 34.6 Å². The molecule has 3 amide bonds. The summed E-state index contributed by atoms with van der Waals surface area (Å²) in [4.78, 5) is 47.4. The van der Waals surface area contributed by atoms with Gasteiger partial charge in [-0.05, 0) is 5.41 Å². The topological polar surface area (TPSA) is 95.0 Å². The van der Waals surface area contributed by atoms with Crippen LogP contribution < -0.4 is 0 Å². The van der Waals surface area contributed by atoms with E-state index < -0.39 is 36.8 Å². The van der Waals surface area contributed by atoms with Crippen LogP contribution in [0, 0.1) is 5.41 Å². The van der Waals surface area contributed by atoms with E-state index in [2.05, 4.69) is 0 Å². The minimum absolute atomic E-state index is 0.224. The first-order chi connectivity index (χ1) is 8.94. The lowest BCUT2D eigenvalue weighted by Crippen LogP contribution is -2.48. The first-order valence-electron chi connectivity index (χ1n) is 6.22. The van der Waals surface area contributed by atoms with Gasteiger partial charge in [-0.25, -0.2) is 0 Å². The summed E-state index contributed by atoms with van der Waals surface area (Å²) >= 11 is 0. The van der Waals surface area contributed by atoms with Crippen molar-refractivity contribution in [1.29, 1.82) is 0 Å². The molecule has 0 fully saturated rings. The fourth-order valence-electron chi connectivity index (χ4n) is 1.65. The average Bonchev–Trinajstić information content (AvgIpc) is 2.20. The third-order valence-corrected chi connectivity index (χ3v) is 2.40. The lowest BCUT2D eigenvalue weighted by molar-refractivity contribution is -0.150. The highest BCUT2D eigenvalue weighted by Crippen LogP contribution is 2.15. The molecular formula is C13H22N2O5. The summed E-state index contributed by atoms with van der Waals surface area (Å²) in [6.45, 7) is 7.28. The molecule has 0 heterocycles. The molecule has 0 aromatic heterocycles. The SMILES string of the molecule is CC(=O)N(CC(=O)N(CC(=O)O)CC(C)(C)C)C(C)=O. The minimum Gasteiger partial charge on any atom is -0.480 e. The molecule has 7 heteroatoms. The Morgan fingerprint density at radius 1 is 0.950 bits per heavy atom. The summed E-state index contributed by atoms with van der Waals surface area (Å²) < 4.78 is 0. The summed E-state index contributed by atoms with van der Waals surface area (Å²) in [7, 11) is 0. The second-order valence-electron chi connectivity index (χ2n) is 5.83. The van der Waals surface area contributed by atoms with Crippen LogP contribution in [0.15, 0.2) is 0 Å². The van der Waals surface area contributed by atoms with E-state index >= 15 is 0 Å². The molecule has 7 nitrogen and oxygen atoms in total. The Balaban J connectivity index is 4.98. The lowest BCUT2D eigenvalue weighted by atomic mass is 9.96. The van der Waals surface area contributed by atoms with Gasteiger partial charge in [0.1, 0.15) is 13.1 Å². The Hall–Kier alpha value is -1.92. The number of carbonyl (C=O) groups is 4. The molecule has 0 unspecified atom stereocenters. The Bertz CT molecular complexity index is 397. The predicted octanol–water partition coefficient (Wildman–Crippen LogP) is 0.341. The molecule has 0 aliphatic rings. The number of amides is 3. The second kappa shape index (κ2) is 7.02. The number of rotatable bonds is 5. The predicted molar refractivity (Wildman–Crippen MR) is 71.7 cm³/mol. The maximum absolute atomic E-state index is 12.1. The average molecular weight is 286 g/mol. The van der Waals surface area contributed by atoms with Gasteiger partial charge in [-0.1, -0.05) is 20.8 Å². The Morgan fingerprint density at radius 3 is 1.70 bits per heavy atom. The number of nitrogens with zero attached hydrogens (tertiary/aromatic N) is 2. The highest BCUT2D eigenvalue weighted by atomic mass is 16.4. The van der Waals surface area contributed by atoms with Gasteiger partial charge in [0.05, 0.1) is 0 Å². The van der Waals surface area contributed by atoms with Gasteiger partial charge in [0.25, 0.3) is 0 Å². The molecule has 0 bridgehead atoms. The van der Waals surface area contributed by atoms with Gasteiger partial charge >= 0.3 is 5.97 Å². The summed E-state index contributed by atoms with van der Waals surface area (Å²) in [6.07, 6.45) is 0. The third-order valence-electron chi connectivity index (χ3n) is 2.40. The second-order valence-corrected chi connectivity index (χ2v) is 5.83. The summed E-state index contributed by atoms with van der Waals surface area (Å²) in [5.74, 6) is -2.79. The van der Waals surface area contributed by atoms with Crippen molar-refractivity contribution in [3.8, 4) is 0 Å². The first kappa shape index (κ1) is 18.1. The van der Waals surface area contributed by atoms with Crippen molar-refractivity contribution in [2.75, 3.05) is 19.6 Å². The highest BCUT2D eigenvalue weighted by Gasteiger charge is 2.26. The fourth-order valence-corrected chi connectivity index (χ4v) is 1.65. The van der Waals surface area contributed by atoms with E-state index in [1.165, 1.54) is 13.8 Å². The lowest BCUT2D eigenvalue weighted by Gasteiger charge is -2.30. The molecule has 0 radical (unpaired) electrons. The standard InChI is InChI=1S/C13H22N2O5/c1-9(16)15(10(2)17)6-11(18)14(7-12(19)20)8-13(3,4)5/h6-8H2,1-5H3,(H,19,20). The zero-order valence-corrected chi connectivity index (χ0v) is 12.6. The Labute approximate surface area is 118 Å². The van der Waals surface area contributed by atoms with Crippen molar-refractivity contribution in [2.45, 2.75) is 34.6 Å². The van der Waals surface area contributed by atoms with Crippen LogP contribution in [0.25, 0.3) is 0 Å². The molecule has 0 aromatic carbocycles. The molecule has 0 rings (SSSR count). The molecule has 20 heavy (non-hydrogen) atoms. The van der Waals surface area contributed by atoms with Gasteiger partial charge < -0.3 is 10.0 Å². The van der Waals surface area contributed by atoms with Gasteiger partial charge in [-0.2, -0.15) is 0 Å². The van der Waals surface area contributed by atoms with Crippen molar-refractivity contribution in [2.24, 2.45) is 5.41 Å². The van der Waals surface area contributed by atoms with Gasteiger partial charge in [-0.15, -0.1) is 0 Å². The molecule has 1 N–H and O–H groups in total. The van der Waals surface area contributed by atoms with E-state index in [9.17, 15) is 19.2 Å². The molecule has 0 spiro atoms. The normalized spacial score (nSPS) is 10.8. The number of carboxylic acids is 1. The van der Waals surface area contributed by atoms with E-state index in [0.717, 1.165) is 9.80 Å². The van der Waals surface area contributed by atoms with Crippen LogP contribution in [0.5, 0.6) is 0 Å². The molecule has 0 saturated heterocycles. The summed E-state index contributed by atoms with van der Waals surface area (Å²) in [5, 5.41) is 8.84. The summed E-state index contributed by atoms with van der Waals surface area (Å²) in [6, 6.07) is 0. The summed E-state index contributed by atoms with van der Waals surface area (Å²) in [5.41, 5.74) is -0.289. The number of hydrogen-bond donors (Lipinski definition) is 1. The quantitative estimate of drug-likeness (QED) is 0.786. The fraction of sp³-hybridized carbons (Fsp3) is 0.692. The highest BCUT2D eigenvalue weighted by molar-refractivity contribution is 5.97. The molecule has 114 valence electrons. The van der Waals surface area contributed by atoms with Crippen molar-refractivity contribution >= 4 is 23.7 Å². The van der Waals surface area contributed by atoms with Crippen molar-refractivity contribution in [3.63, 3.8) is 0 Å². The van der Waals surface area contributed by atoms with Crippen molar-refractivity contribution < 1.29 is 24.3 Å². The number of aliphatic carboxylic acids is 1. The zero-order chi connectivity index (χ0) is 16.1. The smallest absolute Gasteiger partial charge is 0.323 e. The largest absolute Gasteiger partial charge is 0.480 e. The van der Waals surface area contributed by atoms with Crippen molar-refractivity contribution in [1.82, 2.24) is 9.80 Å². The van der Waals surface area contributed by atoms with Crippen LogP contribution in [0.3, 0.4) is 0 Å². The number of carbonyl (C=O) groups excluding carboxylic acids is 3. The van der Waals surface area contributed by atoms with Crippen molar-refractivity contribution in [3.05, 3.63) is 0 Å². The molecule has 0 aliphatic carbocycles. The maximum Gasteiger partial charge on any atom is 0.323 e. The van der Waals surface area contributed by atoms with Gasteiger partial charge in [0.15, 0.2) is 0 Å². The molecular weight excluding hydrogens is 264 g/mol. The van der Waals surface area contributed by atoms with E-state index in [4.69, 9.17) is 5.11 Å². The monoisotopic (exact) mass is 286 g/mol. The Morgan fingerprint density at radius 2 is 1.40 bits per heavy atom. The minimum atomic E-state index is -1.14. The van der Waals surface area contributed by atoms with Crippen LogP contribution in [0.2, 0.25) is 0 Å². The van der Waals surface area contributed by atoms with Crippen LogP contribution >= 0.6 is 0 Å². The van der Waals surface area contributed by atoms with E-state index in [0.29, 0.717) is 0 Å². The molecule has 0 aliphatic heterocycles. The van der Waals surface area contributed by atoms with Gasteiger partial charge in [-0.3, -0.25) is 24.1 Å². The number of imide groups is 1. The van der Waals surface area contributed by atoms with E-state index in [1.54, 1.807) is 0 Å². The number of hydrogen-bond acceptors (Lipinski definition) is 4. The molecule has 0 saturated carbocycles. The Kier molecular flexibility index (Phi) is 6.35. The molecule has 0 atom stereocenters. The van der Waals surface area contributed by atoms with E-state index in [1.807, 2.05) is 20.8 Å². The van der Waals surface area contributed by atoms with Gasteiger partial charge in [0, 0.05) is 20.4 Å². The number of carboxylic acid groups (broad SMARTS) is 1. The van der Waals surface area contributed by atoms with Gasteiger partial charge in [0.2, 0.25) is 17.7 Å². The van der Waals surface area contributed by atoms with E-state index in [-0.39, 0.29) is 12.0 Å².